The average molecular weight is 431 g/mol. The van der Waals surface area contributed by atoms with Crippen molar-refractivity contribution in [1.82, 2.24) is 19.7 Å². The van der Waals surface area contributed by atoms with Crippen molar-refractivity contribution in [3.63, 3.8) is 0 Å². The van der Waals surface area contributed by atoms with Gasteiger partial charge in [0.2, 0.25) is 5.95 Å². The van der Waals surface area contributed by atoms with Gasteiger partial charge in [-0.15, -0.1) is 0 Å². The average Bonchev–Trinajstić information content (AvgIpc) is 3.41. The Kier molecular flexibility index (Phi) is 6.44. The summed E-state index contributed by atoms with van der Waals surface area (Å²) < 4.78 is 22.1. The van der Waals surface area contributed by atoms with Gasteiger partial charge < -0.3 is 15.4 Å². The van der Waals surface area contributed by atoms with E-state index >= 15 is 0 Å². The second-order valence-corrected chi connectivity index (χ2v) is 7.62. The van der Waals surface area contributed by atoms with E-state index in [0.29, 0.717) is 34.6 Å². The molecule has 0 bridgehead atoms. The molecule has 0 saturated carbocycles. The summed E-state index contributed by atoms with van der Waals surface area (Å²) in [5.74, 6) is 0.504. The van der Waals surface area contributed by atoms with Gasteiger partial charge in [0, 0.05) is 42.7 Å². The molecule has 7 nitrogen and oxygen atoms in total. The second-order valence-electron chi connectivity index (χ2n) is 7.22. The highest BCUT2D eigenvalue weighted by Crippen LogP contribution is 2.27. The molecule has 1 fully saturated rings. The number of nitrogens with zero attached hydrogens (tertiary/aromatic N) is 4. The summed E-state index contributed by atoms with van der Waals surface area (Å²) in [7, 11) is 0. The van der Waals surface area contributed by atoms with Crippen molar-refractivity contribution in [3.05, 3.63) is 47.6 Å². The lowest BCUT2D eigenvalue weighted by molar-refractivity contribution is 0.120. The Morgan fingerprint density at radius 1 is 1.33 bits per heavy atom. The summed E-state index contributed by atoms with van der Waals surface area (Å²) in [6.45, 7) is 4.30. The lowest BCUT2D eigenvalue weighted by Gasteiger charge is -2.13. The molecule has 1 atom stereocenters. The Morgan fingerprint density at radius 3 is 3.00 bits per heavy atom. The van der Waals surface area contributed by atoms with Crippen LogP contribution in [0.5, 0.6) is 0 Å². The van der Waals surface area contributed by atoms with Gasteiger partial charge in [0.15, 0.2) is 5.82 Å². The molecule has 0 radical (unpaired) electrons. The van der Waals surface area contributed by atoms with Crippen LogP contribution in [0.4, 0.5) is 21.8 Å². The van der Waals surface area contributed by atoms with E-state index in [1.165, 1.54) is 12.3 Å². The molecule has 9 heteroatoms. The highest BCUT2D eigenvalue weighted by molar-refractivity contribution is 6.32. The predicted molar refractivity (Wildman–Crippen MR) is 116 cm³/mol. The van der Waals surface area contributed by atoms with Crippen LogP contribution in [-0.4, -0.2) is 39.0 Å². The molecule has 4 rings (SSSR count). The van der Waals surface area contributed by atoms with Gasteiger partial charge >= 0.3 is 0 Å². The number of aryl methyl sites for hydroxylation is 1. The maximum Gasteiger partial charge on any atom is 0.229 e. The van der Waals surface area contributed by atoms with Crippen molar-refractivity contribution >= 4 is 29.1 Å². The molecule has 0 unspecified atom stereocenters. The van der Waals surface area contributed by atoms with Crippen LogP contribution >= 0.6 is 11.6 Å². The standard InChI is InChI=1S/C21H24ClFN6O/c1-2-7-29-13-14(10-26-29)17-6-5-15(9-19(17)23)27-21-25-12-18(22)20(28-21)24-11-16-4-3-8-30-16/h5-6,9-10,12-13,16H,2-4,7-8,11H2,1H3,(H2,24,25,27,28)/t16-/m1/s1. The number of hydrogen-bond acceptors (Lipinski definition) is 6. The van der Waals surface area contributed by atoms with Crippen LogP contribution in [0.15, 0.2) is 36.8 Å². The number of aromatic nitrogens is 4. The van der Waals surface area contributed by atoms with Crippen molar-refractivity contribution in [2.75, 3.05) is 23.8 Å². The Hall–Kier alpha value is -2.71. The first-order valence-electron chi connectivity index (χ1n) is 10.1. The maximum absolute atomic E-state index is 14.7. The quantitative estimate of drug-likeness (QED) is 0.530. The molecule has 1 aliphatic rings. The fourth-order valence-corrected chi connectivity index (χ4v) is 3.54. The Balaban J connectivity index is 1.45. The summed E-state index contributed by atoms with van der Waals surface area (Å²) in [5, 5.41) is 10.9. The van der Waals surface area contributed by atoms with Gasteiger partial charge in [-0.1, -0.05) is 18.5 Å². The zero-order valence-corrected chi connectivity index (χ0v) is 17.5. The van der Waals surface area contributed by atoms with Crippen LogP contribution in [0.2, 0.25) is 5.02 Å². The third-order valence-corrected chi connectivity index (χ3v) is 5.16. The van der Waals surface area contributed by atoms with Gasteiger partial charge in [0.05, 0.1) is 18.5 Å². The third kappa shape index (κ3) is 4.88. The zero-order chi connectivity index (χ0) is 20.9. The first-order valence-corrected chi connectivity index (χ1v) is 10.5. The van der Waals surface area contributed by atoms with Gasteiger partial charge in [-0.2, -0.15) is 10.1 Å². The number of hydrogen-bond donors (Lipinski definition) is 2. The SMILES string of the molecule is CCCn1cc(-c2ccc(Nc3ncc(Cl)c(NC[C@H]4CCCO4)n3)cc2F)cn1. The van der Waals surface area contributed by atoms with Crippen LogP contribution in [0.1, 0.15) is 26.2 Å². The highest BCUT2D eigenvalue weighted by atomic mass is 35.5. The summed E-state index contributed by atoms with van der Waals surface area (Å²) in [4.78, 5) is 8.59. The molecule has 1 aromatic carbocycles. The smallest absolute Gasteiger partial charge is 0.229 e. The van der Waals surface area contributed by atoms with Gasteiger partial charge in [0.25, 0.3) is 0 Å². The minimum absolute atomic E-state index is 0.163. The molecular weight excluding hydrogens is 407 g/mol. The predicted octanol–water partition coefficient (Wildman–Crippen LogP) is 4.88. The first-order chi connectivity index (χ1) is 14.6. The van der Waals surface area contributed by atoms with Gasteiger partial charge in [-0.25, -0.2) is 9.37 Å². The van der Waals surface area contributed by atoms with E-state index in [2.05, 4.69) is 32.6 Å². The lowest BCUT2D eigenvalue weighted by Crippen LogP contribution is -2.19. The first kappa shape index (κ1) is 20.6. The number of anilines is 3. The zero-order valence-electron chi connectivity index (χ0n) is 16.7. The molecular formula is C21H24ClFN6O. The maximum atomic E-state index is 14.7. The fourth-order valence-electron chi connectivity index (χ4n) is 3.38. The molecule has 1 saturated heterocycles. The lowest BCUT2D eigenvalue weighted by atomic mass is 10.1. The van der Waals surface area contributed by atoms with E-state index in [4.69, 9.17) is 16.3 Å². The van der Waals surface area contributed by atoms with Crippen molar-refractivity contribution in [2.24, 2.45) is 0 Å². The van der Waals surface area contributed by atoms with Crippen molar-refractivity contribution in [3.8, 4) is 11.1 Å². The summed E-state index contributed by atoms with van der Waals surface area (Å²) in [6, 6.07) is 4.93. The molecule has 1 aliphatic heterocycles. The number of ether oxygens (including phenoxy) is 1. The van der Waals surface area contributed by atoms with Gasteiger partial charge in [-0.05, 0) is 37.5 Å². The monoisotopic (exact) mass is 430 g/mol. The fraction of sp³-hybridized carbons (Fsp3) is 0.381. The third-order valence-electron chi connectivity index (χ3n) is 4.89. The molecule has 30 heavy (non-hydrogen) atoms. The summed E-state index contributed by atoms with van der Waals surface area (Å²) in [5.41, 5.74) is 1.79. The topological polar surface area (TPSA) is 76.9 Å². The van der Waals surface area contributed by atoms with E-state index in [0.717, 1.165) is 38.0 Å². The van der Waals surface area contributed by atoms with Gasteiger partial charge in [-0.3, -0.25) is 4.68 Å². The highest BCUT2D eigenvalue weighted by Gasteiger charge is 2.16. The molecule has 0 spiro atoms. The Bertz CT molecular complexity index is 1000. The summed E-state index contributed by atoms with van der Waals surface area (Å²) in [6.07, 6.45) is 8.26. The molecule has 2 aromatic heterocycles. The molecule has 0 amide bonds. The molecule has 3 heterocycles. The molecule has 3 aromatic rings. The minimum Gasteiger partial charge on any atom is -0.376 e. The Morgan fingerprint density at radius 2 is 2.23 bits per heavy atom. The van der Waals surface area contributed by atoms with E-state index in [-0.39, 0.29) is 11.9 Å². The van der Waals surface area contributed by atoms with Crippen LogP contribution in [0.3, 0.4) is 0 Å². The van der Waals surface area contributed by atoms with Crippen LogP contribution < -0.4 is 10.6 Å². The van der Waals surface area contributed by atoms with E-state index < -0.39 is 0 Å². The largest absolute Gasteiger partial charge is 0.376 e. The van der Waals surface area contributed by atoms with E-state index in [1.54, 1.807) is 18.3 Å². The van der Waals surface area contributed by atoms with Crippen LogP contribution in [0, 0.1) is 5.82 Å². The number of rotatable bonds is 8. The molecule has 0 aliphatic carbocycles. The van der Waals surface area contributed by atoms with Crippen LogP contribution in [-0.2, 0) is 11.3 Å². The van der Waals surface area contributed by atoms with Gasteiger partial charge in [0.1, 0.15) is 10.8 Å². The molecule has 2 N–H and O–H groups in total. The van der Waals surface area contributed by atoms with Crippen molar-refractivity contribution in [1.29, 1.82) is 0 Å². The molecule has 158 valence electrons. The summed E-state index contributed by atoms with van der Waals surface area (Å²) >= 11 is 6.20. The minimum atomic E-state index is -0.346. The number of nitrogens with one attached hydrogen (secondary N) is 2. The van der Waals surface area contributed by atoms with Crippen molar-refractivity contribution < 1.29 is 9.13 Å². The van der Waals surface area contributed by atoms with Crippen molar-refractivity contribution in [2.45, 2.75) is 38.8 Å². The number of benzene rings is 1. The number of halogens is 2. The van der Waals surface area contributed by atoms with E-state index in [9.17, 15) is 4.39 Å². The second kappa shape index (κ2) is 9.40. The normalized spacial score (nSPS) is 16.0. The Labute approximate surface area is 179 Å². The van der Waals surface area contributed by atoms with Crippen LogP contribution in [0.25, 0.3) is 11.1 Å². The van der Waals surface area contributed by atoms with E-state index in [1.807, 2.05) is 10.9 Å².